The van der Waals surface area contributed by atoms with E-state index < -0.39 is 41.8 Å². The van der Waals surface area contributed by atoms with E-state index in [1.165, 1.54) is 20.8 Å². The highest BCUT2D eigenvalue weighted by Gasteiger charge is 2.21. The fourth-order valence-electron chi connectivity index (χ4n) is 2.00. The van der Waals surface area contributed by atoms with Crippen molar-refractivity contribution in [2.45, 2.75) is 45.5 Å². The summed E-state index contributed by atoms with van der Waals surface area (Å²) in [7, 11) is 0. The van der Waals surface area contributed by atoms with Crippen LogP contribution in [0.4, 0.5) is 0 Å². The lowest BCUT2D eigenvalue weighted by Crippen LogP contribution is -2.53. The number of benzene rings is 1. The van der Waals surface area contributed by atoms with Gasteiger partial charge in [0.05, 0.1) is 6.04 Å². The maximum Gasteiger partial charge on any atom is 0.332 e. The van der Waals surface area contributed by atoms with Gasteiger partial charge in [0, 0.05) is 0 Å². The Hall–Kier alpha value is -2.98. The third-order valence-electron chi connectivity index (χ3n) is 3.73. The van der Waals surface area contributed by atoms with Crippen LogP contribution in [0.15, 0.2) is 30.3 Å². The van der Waals surface area contributed by atoms with Crippen LogP contribution in [0.3, 0.4) is 0 Å². The monoisotopic (exact) mass is 408 g/mol. The lowest BCUT2D eigenvalue weighted by atomic mass is 10.2. The zero-order valence-electron chi connectivity index (χ0n) is 16.8. The molecule has 29 heavy (non-hydrogen) atoms. The van der Waals surface area contributed by atoms with Gasteiger partial charge in [0.15, 0.2) is 0 Å². The number of ether oxygens (including phenoxy) is 2. The first kappa shape index (κ1) is 24.1. The van der Waals surface area contributed by atoms with Crippen molar-refractivity contribution in [3.8, 4) is 0 Å². The summed E-state index contributed by atoms with van der Waals surface area (Å²) in [5, 5.41) is 7.31. The minimum Gasteiger partial charge on any atom is -0.459 e. The normalized spacial score (nSPS) is 13.5. The van der Waals surface area contributed by atoms with Gasteiger partial charge in [0.25, 0.3) is 0 Å². The van der Waals surface area contributed by atoms with E-state index in [0.29, 0.717) is 0 Å². The molecular weight excluding hydrogens is 380 g/mol. The van der Waals surface area contributed by atoms with Crippen LogP contribution in [0.1, 0.15) is 26.3 Å². The maximum absolute atomic E-state index is 12.0. The molecule has 0 bridgehead atoms. The molecule has 1 aromatic carbocycles. The largest absolute Gasteiger partial charge is 0.459 e. The minimum atomic E-state index is -0.870. The number of nitrogens with two attached hydrogens (primary N) is 1. The average molecular weight is 408 g/mol. The molecule has 3 atom stereocenters. The first-order valence-corrected chi connectivity index (χ1v) is 9.12. The van der Waals surface area contributed by atoms with Gasteiger partial charge in [-0.15, -0.1) is 0 Å². The summed E-state index contributed by atoms with van der Waals surface area (Å²) in [6.07, 6.45) is 0. The second kappa shape index (κ2) is 12.5. The Morgan fingerprint density at radius 2 is 1.52 bits per heavy atom. The Morgan fingerprint density at radius 1 is 0.931 bits per heavy atom. The highest BCUT2D eigenvalue weighted by atomic mass is 16.6. The molecule has 10 nitrogen and oxygen atoms in total. The molecule has 0 radical (unpaired) electrons. The minimum absolute atomic E-state index is 0.135. The Labute approximate surface area is 169 Å². The fraction of sp³-hybridized carbons (Fsp3) is 0.474. The van der Waals surface area contributed by atoms with Gasteiger partial charge >= 0.3 is 5.97 Å². The number of hydrogen-bond donors (Lipinski definition) is 4. The van der Waals surface area contributed by atoms with E-state index in [2.05, 4.69) is 16.0 Å². The van der Waals surface area contributed by atoms with Gasteiger partial charge in [-0.2, -0.15) is 0 Å². The molecule has 0 heterocycles. The zero-order valence-corrected chi connectivity index (χ0v) is 16.8. The van der Waals surface area contributed by atoms with Crippen molar-refractivity contribution in [1.82, 2.24) is 16.0 Å². The van der Waals surface area contributed by atoms with Gasteiger partial charge in [-0.05, 0) is 26.3 Å². The van der Waals surface area contributed by atoms with Crippen LogP contribution in [0.2, 0.25) is 0 Å². The first-order chi connectivity index (χ1) is 13.7. The summed E-state index contributed by atoms with van der Waals surface area (Å²) in [5.74, 6) is -2.09. The van der Waals surface area contributed by atoms with Gasteiger partial charge in [-0.25, -0.2) is 4.79 Å². The molecule has 160 valence electrons. The lowest BCUT2D eigenvalue weighted by Gasteiger charge is -2.19. The van der Waals surface area contributed by atoms with Crippen molar-refractivity contribution < 1.29 is 28.7 Å². The molecule has 3 amide bonds. The molecule has 1 aromatic rings. The van der Waals surface area contributed by atoms with Crippen LogP contribution < -0.4 is 21.7 Å². The second-order valence-electron chi connectivity index (χ2n) is 6.43. The zero-order chi connectivity index (χ0) is 21.8. The van der Waals surface area contributed by atoms with Crippen LogP contribution in [0.5, 0.6) is 0 Å². The summed E-state index contributed by atoms with van der Waals surface area (Å²) in [4.78, 5) is 47.0. The molecule has 0 unspecified atom stereocenters. The van der Waals surface area contributed by atoms with Crippen LogP contribution in [0, 0.1) is 0 Å². The van der Waals surface area contributed by atoms with Crippen molar-refractivity contribution in [3.63, 3.8) is 0 Å². The molecule has 0 aromatic heterocycles. The lowest BCUT2D eigenvalue weighted by molar-refractivity contribution is -0.151. The molecule has 10 heteroatoms. The number of carbonyl (C=O) groups excluding carboxylic acids is 4. The number of amides is 3. The molecule has 0 aliphatic heterocycles. The summed E-state index contributed by atoms with van der Waals surface area (Å²) in [6.45, 7) is 4.03. The van der Waals surface area contributed by atoms with Gasteiger partial charge in [-0.1, -0.05) is 30.3 Å². The van der Waals surface area contributed by atoms with Gasteiger partial charge in [0.1, 0.15) is 32.0 Å². The van der Waals surface area contributed by atoms with E-state index >= 15 is 0 Å². The van der Waals surface area contributed by atoms with Crippen molar-refractivity contribution >= 4 is 23.7 Å². The van der Waals surface area contributed by atoms with Gasteiger partial charge < -0.3 is 31.2 Å². The highest BCUT2D eigenvalue weighted by molar-refractivity contribution is 5.92. The first-order valence-electron chi connectivity index (χ1n) is 9.12. The van der Waals surface area contributed by atoms with Crippen molar-refractivity contribution in [3.05, 3.63) is 35.9 Å². The van der Waals surface area contributed by atoms with Crippen LogP contribution in [-0.2, 0) is 35.3 Å². The van der Waals surface area contributed by atoms with Gasteiger partial charge in [0.2, 0.25) is 17.7 Å². The molecular formula is C19H28N4O6. The summed E-state index contributed by atoms with van der Waals surface area (Å²) in [6, 6.07) is 6.72. The van der Waals surface area contributed by atoms with E-state index in [9.17, 15) is 19.2 Å². The number of nitrogens with one attached hydrogen (secondary N) is 3. The van der Waals surface area contributed by atoms with Gasteiger partial charge in [-0.3, -0.25) is 14.4 Å². The number of esters is 1. The van der Waals surface area contributed by atoms with E-state index in [0.717, 1.165) is 5.56 Å². The molecule has 0 aliphatic carbocycles. The smallest absolute Gasteiger partial charge is 0.332 e. The Balaban J connectivity index is 2.22. The van der Waals surface area contributed by atoms with Crippen LogP contribution in [0.25, 0.3) is 0 Å². The molecule has 0 aliphatic rings. The average Bonchev–Trinajstić information content (AvgIpc) is 2.69. The SMILES string of the molecule is C[C@H](N)C(=O)N[C@H](C)C(=O)N[C@@H](C)C(=O)NCOCC(=O)OCc1ccccc1. The standard InChI is InChI=1S/C19H28N4O6/c1-12(20)17(25)22-14(3)19(27)23-13(2)18(26)21-11-28-10-16(24)29-9-15-7-5-4-6-8-15/h4-8,12-14H,9-11,20H2,1-3H3,(H,21,26)(H,22,25)(H,23,27)/t12-,13-,14+/m0/s1. The van der Waals surface area contributed by atoms with Crippen LogP contribution in [-0.4, -0.2) is 55.2 Å². The van der Waals surface area contributed by atoms with E-state index in [1.807, 2.05) is 30.3 Å². The maximum atomic E-state index is 12.0. The molecule has 0 saturated carbocycles. The number of rotatable bonds is 11. The molecule has 5 N–H and O–H groups in total. The second-order valence-corrected chi connectivity index (χ2v) is 6.43. The van der Waals surface area contributed by atoms with Crippen molar-refractivity contribution in [2.75, 3.05) is 13.3 Å². The van der Waals surface area contributed by atoms with E-state index in [4.69, 9.17) is 15.2 Å². The molecule has 0 fully saturated rings. The topological polar surface area (TPSA) is 149 Å². The highest BCUT2D eigenvalue weighted by Crippen LogP contribution is 2.00. The predicted octanol–water partition coefficient (Wildman–Crippen LogP) is -0.823. The van der Waals surface area contributed by atoms with E-state index in [-0.39, 0.29) is 19.9 Å². The quantitative estimate of drug-likeness (QED) is 0.212. The molecule has 1 rings (SSSR count). The van der Waals surface area contributed by atoms with E-state index in [1.54, 1.807) is 0 Å². The fourth-order valence-corrected chi connectivity index (χ4v) is 2.00. The summed E-state index contributed by atoms with van der Waals surface area (Å²) in [5.41, 5.74) is 6.27. The Morgan fingerprint density at radius 3 is 2.14 bits per heavy atom. The number of hydrogen-bond acceptors (Lipinski definition) is 7. The molecule has 0 saturated heterocycles. The van der Waals surface area contributed by atoms with Crippen LogP contribution >= 0.6 is 0 Å². The summed E-state index contributed by atoms with van der Waals surface area (Å²) < 4.78 is 10.1. The number of carbonyl (C=O) groups is 4. The van der Waals surface area contributed by atoms with Crippen molar-refractivity contribution in [2.24, 2.45) is 5.73 Å². The Bertz CT molecular complexity index is 695. The third-order valence-corrected chi connectivity index (χ3v) is 3.73. The summed E-state index contributed by atoms with van der Waals surface area (Å²) >= 11 is 0. The Kier molecular flexibility index (Phi) is 10.3. The molecule has 0 spiro atoms. The third kappa shape index (κ3) is 9.67. The predicted molar refractivity (Wildman–Crippen MR) is 104 cm³/mol. The van der Waals surface area contributed by atoms with Crippen molar-refractivity contribution in [1.29, 1.82) is 0 Å².